The lowest BCUT2D eigenvalue weighted by molar-refractivity contribution is -0.139. The van der Waals surface area contributed by atoms with Crippen molar-refractivity contribution in [3.63, 3.8) is 0 Å². The highest BCUT2D eigenvalue weighted by molar-refractivity contribution is 5.97. The molecule has 2 heterocycles. The Morgan fingerprint density at radius 1 is 0.968 bits per heavy atom. The Bertz CT molecular complexity index is 1070. The van der Waals surface area contributed by atoms with Crippen molar-refractivity contribution in [2.45, 2.75) is 32.8 Å². The van der Waals surface area contributed by atoms with Crippen molar-refractivity contribution in [2.24, 2.45) is 0 Å². The molecule has 1 saturated heterocycles. The molecule has 31 heavy (non-hydrogen) atoms. The SMILES string of the molecule is CC(Oc1ccc(C(C)C)cc1)C(=O)N1CCN(C(=O)c2ccc3nc[nH]c3c2)CC1. The van der Waals surface area contributed by atoms with Gasteiger partial charge in [-0.1, -0.05) is 26.0 Å². The summed E-state index contributed by atoms with van der Waals surface area (Å²) in [6.45, 7) is 8.05. The molecule has 2 amide bonds. The second-order valence-electron chi connectivity index (χ2n) is 8.24. The maximum atomic E-state index is 12.9. The lowest BCUT2D eigenvalue weighted by Crippen LogP contribution is -2.53. The highest BCUT2D eigenvalue weighted by atomic mass is 16.5. The van der Waals surface area contributed by atoms with Gasteiger partial charge in [-0.05, 0) is 48.7 Å². The number of H-pyrrole nitrogens is 1. The van der Waals surface area contributed by atoms with E-state index in [9.17, 15) is 9.59 Å². The maximum Gasteiger partial charge on any atom is 0.263 e. The fourth-order valence-electron chi connectivity index (χ4n) is 3.82. The molecule has 162 valence electrons. The third-order valence-electron chi connectivity index (χ3n) is 5.75. The Balaban J connectivity index is 1.32. The number of hydrogen-bond acceptors (Lipinski definition) is 4. The fraction of sp³-hybridized carbons (Fsp3) is 0.375. The summed E-state index contributed by atoms with van der Waals surface area (Å²) in [7, 11) is 0. The minimum absolute atomic E-state index is 0.0295. The number of piperazine rings is 1. The van der Waals surface area contributed by atoms with Gasteiger partial charge in [0.1, 0.15) is 5.75 Å². The predicted molar refractivity (Wildman–Crippen MR) is 119 cm³/mol. The summed E-state index contributed by atoms with van der Waals surface area (Å²) in [6.07, 6.45) is 1.04. The first kappa shape index (κ1) is 20.9. The van der Waals surface area contributed by atoms with Crippen LogP contribution in [0.5, 0.6) is 5.75 Å². The van der Waals surface area contributed by atoms with Gasteiger partial charge >= 0.3 is 0 Å². The summed E-state index contributed by atoms with van der Waals surface area (Å²) in [5, 5.41) is 0. The van der Waals surface area contributed by atoms with E-state index in [-0.39, 0.29) is 11.8 Å². The summed E-state index contributed by atoms with van der Waals surface area (Å²) in [4.78, 5) is 36.5. The Labute approximate surface area is 182 Å². The summed E-state index contributed by atoms with van der Waals surface area (Å²) in [5.41, 5.74) is 3.53. The van der Waals surface area contributed by atoms with E-state index >= 15 is 0 Å². The summed E-state index contributed by atoms with van der Waals surface area (Å²) >= 11 is 0. The Hall–Kier alpha value is -3.35. The van der Waals surface area contributed by atoms with Crippen molar-refractivity contribution in [1.82, 2.24) is 19.8 Å². The molecule has 7 heteroatoms. The third kappa shape index (κ3) is 4.55. The van der Waals surface area contributed by atoms with Crippen molar-refractivity contribution in [3.05, 3.63) is 59.9 Å². The molecule has 1 aliphatic rings. The van der Waals surface area contributed by atoms with E-state index in [0.717, 1.165) is 11.0 Å². The molecule has 7 nitrogen and oxygen atoms in total. The van der Waals surface area contributed by atoms with Crippen LogP contribution in [-0.4, -0.2) is 63.9 Å². The zero-order chi connectivity index (χ0) is 22.0. The van der Waals surface area contributed by atoms with Crippen LogP contribution in [0.1, 0.15) is 42.6 Å². The lowest BCUT2D eigenvalue weighted by atomic mass is 10.0. The molecule has 1 N–H and O–H groups in total. The zero-order valence-corrected chi connectivity index (χ0v) is 18.2. The third-order valence-corrected chi connectivity index (χ3v) is 5.75. The van der Waals surface area contributed by atoms with Gasteiger partial charge in [-0.3, -0.25) is 9.59 Å². The van der Waals surface area contributed by atoms with Crippen molar-refractivity contribution < 1.29 is 14.3 Å². The number of nitrogens with zero attached hydrogens (tertiary/aromatic N) is 3. The number of nitrogens with one attached hydrogen (secondary N) is 1. The summed E-state index contributed by atoms with van der Waals surface area (Å²) in [6, 6.07) is 13.3. The number of benzene rings is 2. The molecule has 1 aliphatic heterocycles. The zero-order valence-electron chi connectivity index (χ0n) is 18.2. The molecular formula is C24H28N4O3. The molecule has 4 rings (SSSR count). The van der Waals surface area contributed by atoms with Crippen LogP contribution in [0, 0.1) is 0 Å². The fourth-order valence-corrected chi connectivity index (χ4v) is 3.82. The van der Waals surface area contributed by atoms with Gasteiger partial charge in [-0.15, -0.1) is 0 Å². The number of amides is 2. The first-order valence-corrected chi connectivity index (χ1v) is 10.7. The molecule has 0 aliphatic carbocycles. The van der Waals surface area contributed by atoms with E-state index in [0.29, 0.717) is 43.4 Å². The van der Waals surface area contributed by atoms with Crippen LogP contribution >= 0.6 is 0 Å². The molecule has 1 atom stereocenters. The lowest BCUT2D eigenvalue weighted by Gasteiger charge is -2.36. The number of aromatic nitrogens is 2. The summed E-state index contributed by atoms with van der Waals surface area (Å²) < 4.78 is 5.86. The minimum atomic E-state index is -0.574. The molecule has 0 spiro atoms. The summed E-state index contributed by atoms with van der Waals surface area (Å²) in [5.74, 6) is 1.05. The van der Waals surface area contributed by atoms with Crippen LogP contribution in [0.3, 0.4) is 0 Å². The van der Waals surface area contributed by atoms with Crippen LogP contribution in [0.2, 0.25) is 0 Å². The van der Waals surface area contributed by atoms with Crippen LogP contribution in [-0.2, 0) is 4.79 Å². The number of rotatable bonds is 5. The van der Waals surface area contributed by atoms with E-state index < -0.39 is 6.10 Å². The molecule has 0 bridgehead atoms. The van der Waals surface area contributed by atoms with E-state index in [1.807, 2.05) is 36.4 Å². The first-order chi connectivity index (χ1) is 14.9. The molecule has 3 aromatic rings. The number of imidazole rings is 1. The first-order valence-electron chi connectivity index (χ1n) is 10.7. The average Bonchev–Trinajstić information content (AvgIpc) is 3.26. The van der Waals surface area contributed by atoms with Crippen molar-refractivity contribution in [1.29, 1.82) is 0 Å². The van der Waals surface area contributed by atoms with Gasteiger partial charge in [0.05, 0.1) is 17.4 Å². The second kappa shape index (κ2) is 8.79. The van der Waals surface area contributed by atoms with Gasteiger partial charge in [0.25, 0.3) is 11.8 Å². The van der Waals surface area contributed by atoms with Crippen LogP contribution in [0.4, 0.5) is 0 Å². The van der Waals surface area contributed by atoms with E-state index in [1.165, 1.54) is 5.56 Å². The molecule has 1 unspecified atom stereocenters. The monoisotopic (exact) mass is 420 g/mol. The van der Waals surface area contributed by atoms with E-state index in [1.54, 1.807) is 29.1 Å². The Morgan fingerprint density at radius 2 is 1.65 bits per heavy atom. The predicted octanol–water partition coefficient (Wildman–Crippen LogP) is 3.44. The molecule has 2 aromatic carbocycles. The van der Waals surface area contributed by atoms with Gasteiger partial charge in [0, 0.05) is 31.7 Å². The largest absolute Gasteiger partial charge is 0.481 e. The average molecular weight is 421 g/mol. The van der Waals surface area contributed by atoms with Crippen molar-refractivity contribution in [2.75, 3.05) is 26.2 Å². The van der Waals surface area contributed by atoms with Gasteiger partial charge in [0.15, 0.2) is 6.10 Å². The van der Waals surface area contributed by atoms with Crippen LogP contribution in [0.15, 0.2) is 48.8 Å². The quantitative estimate of drug-likeness (QED) is 0.686. The van der Waals surface area contributed by atoms with Crippen LogP contribution in [0.25, 0.3) is 11.0 Å². The highest BCUT2D eigenvalue weighted by Crippen LogP contribution is 2.20. The smallest absolute Gasteiger partial charge is 0.263 e. The standard InChI is InChI=1S/C24H28N4O3/c1-16(2)18-4-7-20(8-5-18)31-17(3)23(29)27-10-12-28(13-11-27)24(30)19-6-9-21-22(14-19)26-15-25-21/h4-9,14-17H,10-13H2,1-3H3,(H,25,26). The van der Waals surface area contributed by atoms with Gasteiger partial charge in [0.2, 0.25) is 0 Å². The molecule has 1 aromatic heterocycles. The Kier molecular flexibility index (Phi) is 5.93. The van der Waals surface area contributed by atoms with Crippen LogP contribution < -0.4 is 4.74 Å². The number of aromatic amines is 1. The molecule has 0 radical (unpaired) electrons. The Morgan fingerprint density at radius 3 is 2.32 bits per heavy atom. The van der Waals surface area contributed by atoms with Gasteiger partial charge in [-0.2, -0.15) is 0 Å². The number of ether oxygens (including phenoxy) is 1. The minimum Gasteiger partial charge on any atom is -0.481 e. The highest BCUT2D eigenvalue weighted by Gasteiger charge is 2.28. The van der Waals surface area contributed by atoms with Gasteiger partial charge in [-0.25, -0.2) is 4.98 Å². The van der Waals surface area contributed by atoms with E-state index in [2.05, 4.69) is 23.8 Å². The number of carbonyl (C=O) groups is 2. The topological polar surface area (TPSA) is 78.5 Å². The van der Waals surface area contributed by atoms with Gasteiger partial charge < -0.3 is 19.5 Å². The maximum absolute atomic E-state index is 12.9. The van der Waals surface area contributed by atoms with E-state index in [4.69, 9.17) is 4.74 Å². The number of carbonyl (C=O) groups excluding carboxylic acids is 2. The normalized spacial score (nSPS) is 15.4. The molecule has 0 saturated carbocycles. The number of fused-ring (bicyclic) bond motifs is 1. The molecule has 1 fully saturated rings. The molecular weight excluding hydrogens is 392 g/mol. The number of hydrogen-bond donors (Lipinski definition) is 1. The van der Waals surface area contributed by atoms with Crippen molar-refractivity contribution >= 4 is 22.8 Å². The van der Waals surface area contributed by atoms with Crippen molar-refractivity contribution in [3.8, 4) is 5.75 Å². The second-order valence-corrected chi connectivity index (χ2v) is 8.24.